The fourth-order valence-corrected chi connectivity index (χ4v) is 4.40. The summed E-state index contributed by atoms with van der Waals surface area (Å²) < 4.78 is 36.6. The lowest BCUT2D eigenvalue weighted by Gasteiger charge is -2.27. The van der Waals surface area contributed by atoms with Gasteiger partial charge in [-0.1, -0.05) is 11.6 Å². The van der Waals surface area contributed by atoms with Crippen LogP contribution in [-0.2, 0) is 14.6 Å². The van der Waals surface area contributed by atoms with E-state index in [1.54, 1.807) is 17.0 Å². The summed E-state index contributed by atoms with van der Waals surface area (Å²) in [6, 6.07) is 8.79. The van der Waals surface area contributed by atoms with Gasteiger partial charge in [0.05, 0.1) is 24.4 Å². The zero-order chi connectivity index (χ0) is 18.6. The number of nitrogens with zero attached hydrogens (tertiary/aromatic N) is 1. The van der Waals surface area contributed by atoms with E-state index in [2.05, 4.69) is 5.32 Å². The molecule has 1 fully saturated rings. The molecule has 0 spiro atoms. The largest absolute Gasteiger partial charge is 0.468 e. The van der Waals surface area contributed by atoms with Crippen LogP contribution in [-0.4, -0.2) is 52.2 Å². The number of nitrogens with one attached hydrogen (secondary N) is 1. The van der Waals surface area contributed by atoms with Crippen LogP contribution < -0.4 is 5.32 Å². The number of urea groups is 1. The molecule has 3 rings (SSSR count). The van der Waals surface area contributed by atoms with Crippen LogP contribution in [0.15, 0.2) is 52.0 Å². The van der Waals surface area contributed by atoms with Gasteiger partial charge in [-0.3, -0.25) is 0 Å². The number of sulfone groups is 1. The maximum Gasteiger partial charge on any atom is 0.317 e. The van der Waals surface area contributed by atoms with Crippen molar-refractivity contribution >= 4 is 27.5 Å². The predicted octanol–water partition coefficient (Wildman–Crippen LogP) is 2.49. The van der Waals surface area contributed by atoms with Crippen LogP contribution >= 0.6 is 11.6 Å². The van der Waals surface area contributed by atoms with Crippen molar-refractivity contribution in [3.63, 3.8) is 0 Å². The molecule has 0 saturated carbocycles. The van der Waals surface area contributed by atoms with Crippen LogP contribution in [0.2, 0.25) is 5.02 Å². The average molecular weight is 399 g/mol. The highest BCUT2D eigenvalue weighted by molar-refractivity contribution is 7.91. The number of furan rings is 1. The van der Waals surface area contributed by atoms with Crippen molar-refractivity contribution in [1.29, 1.82) is 0 Å². The van der Waals surface area contributed by atoms with Crippen LogP contribution in [0.5, 0.6) is 0 Å². The number of carbonyl (C=O) groups is 1. The van der Waals surface area contributed by atoms with Gasteiger partial charge in [0.25, 0.3) is 0 Å². The van der Waals surface area contributed by atoms with E-state index in [4.69, 9.17) is 20.8 Å². The van der Waals surface area contributed by atoms with Crippen LogP contribution in [0.4, 0.5) is 4.79 Å². The highest BCUT2D eigenvalue weighted by atomic mass is 35.5. The van der Waals surface area contributed by atoms with Gasteiger partial charge in [-0.25, -0.2) is 13.2 Å². The molecule has 1 unspecified atom stereocenters. The lowest BCUT2D eigenvalue weighted by atomic mass is 10.3. The Hall–Kier alpha value is -2.03. The Morgan fingerprint density at radius 1 is 1.19 bits per heavy atom. The second-order valence-corrected chi connectivity index (χ2v) is 8.36. The lowest BCUT2D eigenvalue weighted by molar-refractivity contribution is 0.0532. The molecule has 2 amide bonds. The monoisotopic (exact) mass is 398 g/mol. The fraction of sp³-hybridized carbons (Fsp3) is 0.353. The van der Waals surface area contributed by atoms with Gasteiger partial charge in [0.15, 0.2) is 9.84 Å². The number of halogens is 1. The van der Waals surface area contributed by atoms with Gasteiger partial charge in [-0.15, -0.1) is 0 Å². The van der Waals surface area contributed by atoms with Crippen LogP contribution in [0, 0.1) is 0 Å². The molecule has 26 heavy (non-hydrogen) atoms. The van der Waals surface area contributed by atoms with Crippen molar-refractivity contribution < 1.29 is 22.4 Å². The number of hydrogen-bond donors (Lipinski definition) is 1. The molecule has 1 N–H and O–H groups in total. The predicted molar refractivity (Wildman–Crippen MR) is 95.9 cm³/mol. The number of amides is 2. The van der Waals surface area contributed by atoms with Crippen molar-refractivity contribution in [3.8, 4) is 0 Å². The molecule has 2 aromatic rings. The zero-order valence-electron chi connectivity index (χ0n) is 13.9. The average Bonchev–Trinajstić information content (AvgIpc) is 3.17. The Balaban J connectivity index is 1.79. The van der Waals surface area contributed by atoms with E-state index in [0.717, 1.165) is 0 Å². The van der Waals surface area contributed by atoms with Gasteiger partial charge in [-0.2, -0.15) is 0 Å². The minimum Gasteiger partial charge on any atom is -0.468 e. The van der Waals surface area contributed by atoms with Gasteiger partial charge in [-0.05, 0) is 36.4 Å². The van der Waals surface area contributed by atoms with Crippen LogP contribution in [0.3, 0.4) is 0 Å². The minimum atomic E-state index is -3.78. The van der Waals surface area contributed by atoms with Crippen molar-refractivity contribution in [2.45, 2.75) is 10.1 Å². The molecule has 1 aliphatic rings. The molecule has 1 aromatic heterocycles. The zero-order valence-corrected chi connectivity index (χ0v) is 15.5. The second-order valence-electron chi connectivity index (χ2n) is 5.79. The third-order valence-electron chi connectivity index (χ3n) is 4.11. The van der Waals surface area contributed by atoms with E-state index < -0.39 is 15.1 Å². The lowest BCUT2D eigenvalue weighted by Crippen LogP contribution is -2.47. The molecule has 2 heterocycles. The number of carbonyl (C=O) groups excluding carboxylic acids is 1. The van der Waals surface area contributed by atoms with Crippen molar-refractivity contribution in [3.05, 3.63) is 53.4 Å². The van der Waals surface area contributed by atoms with E-state index >= 15 is 0 Å². The fourth-order valence-electron chi connectivity index (χ4n) is 2.68. The molecular weight excluding hydrogens is 380 g/mol. The first-order valence-corrected chi connectivity index (χ1v) is 10.0. The molecule has 1 aliphatic heterocycles. The Kier molecular flexibility index (Phi) is 5.85. The number of ether oxygens (including phenoxy) is 1. The van der Waals surface area contributed by atoms with Gasteiger partial charge in [0, 0.05) is 24.7 Å². The summed E-state index contributed by atoms with van der Waals surface area (Å²) in [7, 11) is -3.78. The number of rotatable bonds is 5. The Bertz CT molecular complexity index is 831. The Morgan fingerprint density at radius 3 is 2.50 bits per heavy atom. The normalized spacial score (nSPS) is 16.3. The molecule has 0 aliphatic carbocycles. The molecule has 1 aromatic carbocycles. The van der Waals surface area contributed by atoms with E-state index in [0.29, 0.717) is 31.3 Å². The SMILES string of the molecule is O=C(NCC(c1ccco1)S(=O)(=O)c1ccc(Cl)cc1)N1CCOCC1. The first-order valence-electron chi connectivity index (χ1n) is 8.12. The second kappa shape index (κ2) is 8.11. The Morgan fingerprint density at radius 2 is 1.88 bits per heavy atom. The van der Waals surface area contributed by atoms with E-state index in [1.165, 1.54) is 30.5 Å². The first kappa shape index (κ1) is 18.8. The van der Waals surface area contributed by atoms with Gasteiger partial charge in [0.1, 0.15) is 11.0 Å². The van der Waals surface area contributed by atoms with Gasteiger partial charge < -0.3 is 19.4 Å². The number of benzene rings is 1. The Labute approximate surface area is 156 Å². The highest BCUT2D eigenvalue weighted by Crippen LogP contribution is 2.29. The third kappa shape index (κ3) is 4.20. The summed E-state index contributed by atoms with van der Waals surface area (Å²) in [5.41, 5.74) is 0. The van der Waals surface area contributed by atoms with Crippen molar-refractivity contribution in [2.75, 3.05) is 32.8 Å². The minimum absolute atomic E-state index is 0.103. The topological polar surface area (TPSA) is 88.8 Å². The van der Waals surface area contributed by atoms with E-state index in [9.17, 15) is 13.2 Å². The maximum atomic E-state index is 13.0. The highest BCUT2D eigenvalue weighted by Gasteiger charge is 2.32. The summed E-state index contributed by atoms with van der Waals surface area (Å²) in [6.07, 6.45) is 1.41. The summed E-state index contributed by atoms with van der Waals surface area (Å²) in [6.45, 7) is 1.78. The summed E-state index contributed by atoms with van der Waals surface area (Å²) in [4.78, 5) is 14.0. The smallest absolute Gasteiger partial charge is 0.317 e. The quantitative estimate of drug-likeness (QED) is 0.835. The van der Waals surface area contributed by atoms with Gasteiger partial charge in [0.2, 0.25) is 0 Å². The molecule has 1 atom stereocenters. The van der Waals surface area contributed by atoms with E-state index in [1.807, 2.05) is 0 Å². The molecule has 140 valence electrons. The summed E-state index contributed by atoms with van der Waals surface area (Å²) in [5, 5.41) is 2.10. The van der Waals surface area contributed by atoms with Crippen molar-refractivity contribution in [1.82, 2.24) is 10.2 Å². The molecule has 1 saturated heterocycles. The summed E-state index contributed by atoms with van der Waals surface area (Å²) in [5.74, 6) is 0.266. The maximum absolute atomic E-state index is 13.0. The molecule has 0 radical (unpaired) electrons. The standard InChI is InChI=1S/C17H19ClN2O5S/c18-13-3-5-14(6-4-13)26(22,23)16(15-2-1-9-25-15)12-19-17(21)20-7-10-24-11-8-20/h1-6,9,16H,7-8,10-12H2,(H,19,21). The van der Waals surface area contributed by atoms with Gasteiger partial charge >= 0.3 is 6.03 Å². The number of morpholine rings is 1. The first-order chi connectivity index (χ1) is 12.5. The molecule has 7 nitrogen and oxygen atoms in total. The molecule has 9 heteroatoms. The molecule has 0 bridgehead atoms. The number of hydrogen-bond acceptors (Lipinski definition) is 5. The molecular formula is C17H19ClN2O5S. The van der Waals surface area contributed by atoms with Crippen LogP contribution in [0.1, 0.15) is 11.0 Å². The van der Waals surface area contributed by atoms with Crippen molar-refractivity contribution in [2.24, 2.45) is 0 Å². The van der Waals surface area contributed by atoms with E-state index in [-0.39, 0.29) is 23.2 Å². The third-order valence-corrected chi connectivity index (χ3v) is 6.44. The summed E-state index contributed by atoms with van der Waals surface area (Å²) >= 11 is 5.84. The van der Waals surface area contributed by atoms with Crippen LogP contribution in [0.25, 0.3) is 0 Å².